The van der Waals surface area contributed by atoms with Gasteiger partial charge in [0.1, 0.15) is 19.2 Å². The summed E-state index contributed by atoms with van der Waals surface area (Å²) in [6.07, 6.45) is 3.18. The number of hydrogen-bond acceptors (Lipinski definition) is 4. The van der Waals surface area contributed by atoms with Crippen LogP contribution in [-0.2, 0) is 31.0 Å². The van der Waals surface area contributed by atoms with E-state index in [2.05, 4.69) is 15.4 Å². The average Bonchev–Trinajstić information content (AvgIpc) is 3.34. The maximum atomic E-state index is 12.6. The maximum absolute atomic E-state index is 12.6. The second-order valence-electron chi connectivity index (χ2n) is 6.79. The predicted molar refractivity (Wildman–Crippen MR) is 109 cm³/mol. The van der Waals surface area contributed by atoms with Crippen molar-refractivity contribution in [3.8, 4) is 0 Å². The quantitative estimate of drug-likeness (QED) is 0.521. The van der Waals surface area contributed by atoms with Gasteiger partial charge in [-0.05, 0) is 30.2 Å². The molecule has 148 valence electrons. The molecular formula is C21H22N6O2. The summed E-state index contributed by atoms with van der Waals surface area (Å²) in [5.74, 6) is -0.196. The van der Waals surface area contributed by atoms with Gasteiger partial charge in [0.2, 0.25) is 5.91 Å². The van der Waals surface area contributed by atoms with Gasteiger partial charge in [0.15, 0.2) is 0 Å². The van der Waals surface area contributed by atoms with Crippen LogP contribution in [0.15, 0.2) is 66.0 Å². The van der Waals surface area contributed by atoms with Crippen molar-refractivity contribution in [1.82, 2.24) is 29.2 Å². The second kappa shape index (κ2) is 8.14. The van der Waals surface area contributed by atoms with Crippen LogP contribution in [0, 0.1) is 0 Å². The highest BCUT2D eigenvalue weighted by molar-refractivity contribution is 5.80. The molecule has 2 heterocycles. The average molecular weight is 390 g/mol. The molecule has 8 heteroatoms. The Morgan fingerprint density at radius 1 is 1.00 bits per heavy atom. The van der Waals surface area contributed by atoms with Crippen molar-refractivity contribution in [1.29, 1.82) is 0 Å². The van der Waals surface area contributed by atoms with Crippen molar-refractivity contribution in [2.24, 2.45) is 0 Å². The Hall–Kier alpha value is -3.68. The molecule has 0 spiro atoms. The molecule has 0 aliphatic carbocycles. The number of fused-ring (bicyclic) bond motifs is 1. The third-order valence-corrected chi connectivity index (χ3v) is 4.87. The van der Waals surface area contributed by atoms with Crippen molar-refractivity contribution in [2.45, 2.75) is 33.1 Å². The summed E-state index contributed by atoms with van der Waals surface area (Å²) in [6, 6.07) is 15.5. The Balaban J connectivity index is 1.40. The molecule has 0 saturated carbocycles. The molecule has 1 N–H and O–H groups in total. The Kier molecular flexibility index (Phi) is 5.24. The summed E-state index contributed by atoms with van der Waals surface area (Å²) in [5.41, 5.74) is 3.54. The summed E-state index contributed by atoms with van der Waals surface area (Å²) in [6.45, 7) is 3.54. The monoisotopic (exact) mass is 390 g/mol. The molecule has 0 saturated heterocycles. The van der Waals surface area contributed by atoms with Gasteiger partial charge in [-0.2, -0.15) is 5.10 Å². The highest BCUT2D eigenvalue weighted by Gasteiger charge is 2.14. The Morgan fingerprint density at radius 2 is 1.69 bits per heavy atom. The van der Waals surface area contributed by atoms with Gasteiger partial charge in [-0.1, -0.05) is 36.4 Å². The molecule has 0 bridgehead atoms. The number of nitrogens with zero attached hydrogens (tertiary/aromatic N) is 5. The fourth-order valence-corrected chi connectivity index (χ4v) is 3.39. The molecule has 0 atom stereocenters. The molecule has 4 rings (SSSR count). The standard InChI is InChI=1S/C21H22N6O2/c1-2-26-18-5-3-4-6-19(18)27(21(26)29)13-20(28)23-11-16-7-9-17(10-8-16)12-25-15-22-14-24-25/h3-10,14-15H,2,11-13H2,1H3,(H,23,28). The summed E-state index contributed by atoms with van der Waals surface area (Å²) < 4.78 is 4.95. The van der Waals surface area contributed by atoms with Crippen molar-refractivity contribution in [2.75, 3.05) is 0 Å². The highest BCUT2D eigenvalue weighted by atomic mass is 16.2. The minimum absolute atomic E-state index is 0.00324. The predicted octanol–water partition coefficient (Wildman–Crippen LogP) is 1.78. The number of rotatable bonds is 7. The van der Waals surface area contributed by atoms with E-state index in [0.29, 0.717) is 19.6 Å². The lowest BCUT2D eigenvalue weighted by molar-refractivity contribution is -0.121. The van der Waals surface area contributed by atoms with Gasteiger partial charge < -0.3 is 5.32 Å². The van der Waals surface area contributed by atoms with Crippen LogP contribution in [0.5, 0.6) is 0 Å². The van der Waals surface area contributed by atoms with Crippen LogP contribution in [-0.4, -0.2) is 29.8 Å². The third kappa shape index (κ3) is 3.96. The lowest BCUT2D eigenvalue weighted by Crippen LogP contribution is -2.32. The molecule has 0 radical (unpaired) electrons. The molecule has 0 fully saturated rings. The molecule has 1 amide bonds. The normalized spacial score (nSPS) is 11.1. The summed E-state index contributed by atoms with van der Waals surface area (Å²) >= 11 is 0. The largest absolute Gasteiger partial charge is 0.350 e. The first kappa shape index (κ1) is 18.7. The number of para-hydroxylation sites is 2. The number of imidazole rings is 1. The molecule has 29 heavy (non-hydrogen) atoms. The Morgan fingerprint density at radius 3 is 2.34 bits per heavy atom. The van der Waals surface area contributed by atoms with Gasteiger partial charge in [-0.3, -0.25) is 13.9 Å². The number of amides is 1. The number of carbonyl (C=O) groups is 1. The molecule has 0 aliphatic heterocycles. The zero-order valence-electron chi connectivity index (χ0n) is 16.2. The van der Waals surface area contributed by atoms with E-state index in [1.807, 2.05) is 55.5 Å². The number of nitrogens with one attached hydrogen (secondary N) is 1. The number of hydrogen-bond donors (Lipinski definition) is 1. The molecule has 8 nitrogen and oxygen atoms in total. The van der Waals surface area contributed by atoms with Crippen LogP contribution in [0.4, 0.5) is 0 Å². The molecule has 2 aromatic carbocycles. The van der Waals surface area contributed by atoms with Gasteiger partial charge >= 0.3 is 5.69 Å². The number of aryl methyl sites for hydroxylation is 1. The maximum Gasteiger partial charge on any atom is 0.329 e. The van der Waals surface area contributed by atoms with Crippen LogP contribution in [0.25, 0.3) is 11.0 Å². The summed E-state index contributed by atoms with van der Waals surface area (Å²) in [5, 5.41) is 6.99. The van der Waals surface area contributed by atoms with E-state index in [0.717, 1.165) is 22.2 Å². The van der Waals surface area contributed by atoms with Gasteiger partial charge in [-0.15, -0.1) is 0 Å². The second-order valence-corrected chi connectivity index (χ2v) is 6.79. The third-order valence-electron chi connectivity index (χ3n) is 4.87. The molecule has 0 aliphatic rings. The fraction of sp³-hybridized carbons (Fsp3) is 0.238. The van der Waals surface area contributed by atoms with E-state index in [1.54, 1.807) is 15.6 Å². The van der Waals surface area contributed by atoms with Crippen LogP contribution >= 0.6 is 0 Å². The summed E-state index contributed by atoms with van der Waals surface area (Å²) in [4.78, 5) is 29.0. The van der Waals surface area contributed by atoms with Crippen LogP contribution in [0.1, 0.15) is 18.1 Å². The first-order valence-corrected chi connectivity index (χ1v) is 9.50. The zero-order valence-corrected chi connectivity index (χ0v) is 16.2. The lowest BCUT2D eigenvalue weighted by Gasteiger charge is -2.08. The van der Waals surface area contributed by atoms with Gasteiger partial charge in [0.25, 0.3) is 0 Å². The SMILES string of the molecule is CCn1c(=O)n(CC(=O)NCc2ccc(Cn3cncn3)cc2)c2ccccc21. The summed E-state index contributed by atoms with van der Waals surface area (Å²) in [7, 11) is 0. The van der Waals surface area contributed by atoms with E-state index in [1.165, 1.54) is 10.9 Å². The topological polar surface area (TPSA) is 86.7 Å². The van der Waals surface area contributed by atoms with Crippen LogP contribution in [0.3, 0.4) is 0 Å². The first-order valence-electron chi connectivity index (χ1n) is 9.50. The minimum Gasteiger partial charge on any atom is -0.350 e. The van der Waals surface area contributed by atoms with Crippen molar-refractivity contribution < 1.29 is 4.79 Å². The van der Waals surface area contributed by atoms with E-state index in [-0.39, 0.29) is 18.1 Å². The van der Waals surface area contributed by atoms with Gasteiger partial charge in [-0.25, -0.2) is 14.5 Å². The molecular weight excluding hydrogens is 368 g/mol. The Bertz CT molecular complexity index is 1170. The molecule has 2 aromatic heterocycles. The minimum atomic E-state index is -0.196. The van der Waals surface area contributed by atoms with Crippen LogP contribution < -0.4 is 11.0 Å². The van der Waals surface area contributed by atoms with Crippen LogP contribution in [0.2, 0.25) is 0 Å². The van der Waals surface area contributed by atoms with Crippen molar-refractivity contribution in [3.63, 3.8) is 0 Å². The highest BCUT2D eigenvalue weighted by Crippen LogP contribution is 2.12. The molecule has 4 aromatic rings. The van der Waals surface area contributed by atoms with Crippen molar-refractivity contribution in [3.05, 3.63) is 82.8 Å². The van der Waals surface area contributed by atoms with Gasteiger partial charge in [0.05, 0.1) is 17.6 Å². The fourth-order valence-electron chi connectivity index (χ4n) is 3.39. The van der Waals surface area contributed by atoms with E-state index in [9.17, 15) is 9.59 Å². The van der Waals surface area contributed by atoms with E-state index in [4.69, 9.17) is 0 Å². The number of benzene rings is 2. The van der Waals surface area contributed by atoms with E-state index >= 15 is 0 Å². The first-order chi connectivity index (χ1) is 14.2. The smallest absolute Gasteiger partial charge is 0.329 e. The lowest BCUT2D eigenvalue weighted by atomic mass is 10.1. The number of carbonyl (C=O) groups excluding carboxylic acids is 1. The van der Waals surface area contributed by atoms with E-state index < -0.39 is 0 Å². The zero-order chi connectivity index (χ0) is 20.2. The number of aromatic nitrogens is 5. The Labute approximate surface area is 167 Å². The molecule has 0 unspecified atom stereocenters. The van der Waals surface area contributed by atoms with Crippen molar-refractivity contribution >= 4 is 16.9 Å². The van der Waals surface area contributed by atoms with Gasteiger partial charge in [0, 0.05) is 13.1 Å².